The first-order valence-corrected chi connectivity index (χ1v) is 7.00. The summed E-state index contributed by atoms with van der Waals surface area (Å²) in [4.78, 5) is 11.5. The minimum absolute atomic E-state index is 0.0142. The first-order valence-electron chi connectivity index (χ1n) is 5.95. The fourth-order valence-corrected chi connectivity index (χ4v) is 2.63. The molecular formula is C11H14N6OS. The third kappa shape index (κ3) is 2.55. The molecule has 1 amide bonds. The van der Waals surface area contributed by atoms with E-state index in [-0.39, 0.29) is 17.4 Å². The number of fused-ring (bicyclic) bond motifs is 1. The Kier molecular flexibility index (Phi) is 3.36. The van der Waals surface area contributed by atoms with Crippen LogP contribution in [0.25, 0.3) is 11.0 Å². The second-order valence-corrected chi connectivity index (χ2v) is 5.34. The Balaban J connectivity index is 1.65. The molecule has 0 saturated carbocycles. The van der Waals surface area contributed by atoms with Crippen LogP contribution < -0.4 is 16.2 Å². The van der Waals surface area contributed by atoms with Gasteiger partial charge in [0.2, 0.25) is 5.91 Å². The van der Waals surface area contributed by atoms with Gasteiger partial charge in [0.1, 0.15) is 11.0 Å². The molecule has 2 aromatic rings. The molecule has 2 atom stereocenters. The first kappa shape index (κ1) is 12.4. The van der Waals surface area contributed by atoms with E-state index < -0.39 is 0 Å². The van der Waals surface area contributed by atoms with Crippen LogP contribution in [-0.4, -0.2) is 32.4 Å². The number of hydrogen-bond donors (Lipinski definition) is 3. The van der Waals surface area contributed by atoms with Crippen LogP contribution in [0.4, 0.5) is 0 Å². The molecule has 1 aromatic heterocycles. The smallest absolute Gasteiger partial charge is 0.240 e. The Hall–Kier alpha value is -1.64. The van der Waals surface area contributed by atoms with Crippen LogP contribution in [0.5, 0.6) is 0 Å². The Bertz CT molecular complexity index is 600. The number of aromatic nitrogens is 3. The molecule has 2 heterocycles. The van der Waals surface area contributed by atoms with Gasteiger partial charge < -0.3 is 5.32 Å². The van der Waals surface area contributed by atoms with Crippen LogP contribution in [0.1, 0.15) is 6.92 Å². The van der Waals surface area contributed by atoms with Crippen molar-refractivity contribution in [1.29, 1.82) is 0 Å². The van der Waals surface area contributed by atoms with Crippen molar-refractivity contribution in [3.63, 3.8) is 0 Å². The van der Waals surface area contributed by atoms with Gasteiger partial charge in [-0.05, 0) is 19.1 Å². The summed E-state index contributed by atoms with van der Waals surface area (Å²) in [5.41, 5.74) is 7.63. The predicted molar refractivity (Wildman–Crippen MR) is 72.8 cm³/mol. The monoisotopic (exact) mass is 278 g/mol. The topological polar surface area (TPSA) is 83.9 Å². The van der Waals surface area contributed by atoms with E-state index in [2.05, 4.69) is 26.5 Å². The molecule has 8 heteroatoms. The van der Waals surface area contributed by atoms with Crippen molar-refractivity contribution in [3.8, 4) is 0 Å². The van der Waals surface area contributed by atoms with E-state index in [1.165, 1.54) is 11.8 Å². The summed E-state index contributed by atoms with van der Waals surface area (Å²) in [5, 5.41) is 11.0. The van der Waals surface area contributed by atoms with Gasteiger partial charge in [-0.1, -0.05) is 29.1 Å². The molecule has 3 rings (SSSR count). The van der Waals surface area contributed by atoms with Gasteiger partial charge in [0.05, 0.1) is 17.4 Å². The summed E-state index contributed by atoms with van der Waals surface area (Å²) in [5.74, 6) is 0.592. The second kappa shape index (κ2) is 5.16. The van der Waals surface area contributed by atoms with Crippen LogP contribution in [0.3, 0.4) is 0 Å². The van der Waals surface area contributed by atoms with Gasteiger partial charge in [0.15, 0.2) is 0 Å². The number of hydrogen-bond acceptors (Lipinski definition) is 6. The van der Waals surface area contributed by atoms with E-state index in [9.17, 15) is 4.79 Å². The molecule has 1 aliphatic heterocycles. The summed E-state index contributed by atoms with van der Waals surface area (Å²) in [6.07, 6.45) is 0. The molecule has 1 fully saturated rings. The lowest BCUT2D eigenvalue weighted by atomic mass is 10.3. The quantitative estimate of drug-likeness (QED) is 0.734. The van der Waals surface area contributed by atoms with E-state index in [4.69, 9.17) is 0 Å². The van der Waals surface area contributed by atoms with Crippen molar-refractivity contribution >= 4 is 28.7 Å². The fourth-order valence-electron chi connectivity index (χ4n) is 1.80. The van der Waals surface area contributed by atoms with Crippen molar-refractivity contribution < 1.29 is 4.79 Å². The van der Waals surface area contributed by atoms with E-state index >= 15 is 0 Å². The van der Waals surface area contributed by atoms with Crippen LogP contribution in [0.15, 0.2) is 24.3 Å². The average molecular weight is 278 g/mol. The van der Waals surface area contributed by atoms with Gasteiger partial charge in [-0.3, -0.25) is 4.79 Å². The molecule has 2 unspecified atom stereocenters. The lowest BCUT2D eigenvalue weighted by Crippen LogP contribution is -2.63. The number of nitrogens with one attached hydrogen (secondary N) is 3. The molecule has 1 saturated heterocycles. The molecule has 0 bridgehead atoms. The highest BCUT2D eigenvalue weighted by molar-refractivity contribution is 7.98. The largest absolute Gasteiger partial charge is 0.329 e. The zero-order chi connectivity index (χ0) is 13.2. The Morgan fingerprint density at radius 3 is 3.05 bits per heavy atom. The highest BCUT2D eigenvalue weighted by Crippen LogP contribution is 2.15. The van der Waals surface area contributed by atoms with Gasteiger partial charge in [-0.15, -0.1) is 5.10 Å². The third-order valence-electron chi connectivity index (χ3n) is 2.88. The number of benzene rings is 1. The van der Waals surface area contributed by atoms with Gasteiger partial charge >= 0.3 is 0 Å². The Morgan fingerprint density at radius 1 is 1.37 bits per heavy atom. The molecule has 0 spiro atoms. The maximum Gasteiger partial charge on any atom is 0.240 e. The third-order valence-corrected chi connectivity index (χ3v) is 3.84. The van der Waals surface area contributed by atoms with Crippen molar-refractivity contribution in [2.75, 3.05) is 0 Å². The highest BCUT2D eigenvalue weighted by atomic mass is 32.2. The van der Waals surface area contributed by atoms with E-state index in [1.54, 1.807) is 6.92 Å². The lowest BCUT2D eigenvalue weighted by molar-refractivity contribution is -0.125. The number of hydrazine groups is 1. The molecule has 1 aliphatic rings. The normalized spacial score (nSPS) is 23.5. The minimum atomic E-state index is -0.218. The number of carbonyl (C=O) groups is 1. The van der Waals surface area contributed by atoms with Crippen molar-refractivity contribution in [2.45, 2.75) is 24.3 Å². The first-order chi connectivity index (χ1) is 9.24. The second-order valence-electron chi connectivity index (χ2n) is 4.27. The SMILES string of the molecule is CC1NNC(SCn2nnc3ccccc32)NC1=O. The number of carbonyl (C=O) groups excluding carboxylic acids is 1. The molecule has 7 nitrogen and oxygen atoms in total. The number of amides is 1. The number of thioether (sulfide) groups is 1. The van der Waals surface area contributed by atoms with Crippen molar-refractivity contribution in [2.24, 2.45) is 0 Å². The van der Waals surface area contributed by atoms with Gasteiger partial charge in [0.25, 0.3) is 0 Å². The Labute approximate surface area is 114 Å². The molecule has 100 valence electrons. The zero-order valence-corrected chi connectivity index (χ0v) is 11.1. The minimum Gasteiger partial charge on any atom is -0.329 e. The van der Waals surface area contributed by atoms with Gasteiger partial charge in [-0.2, -0.15) is 0 Å². The van der Waals surface area contributed by atoms with E-state index in [0.29, 0.717) is 5.88 Å². The summed E-state index contributed by atoms with van der Waals surface area (Å²) in [6, 6.07) is 7.57. The predicted octanol–water partition coefficient (Wildman–Crippen LogP) is 0.0181. The van der Waals surface area contributed by atoms with Crippen LogP contribution in [0.2, 0.25) is 0 Å². The van der Waals surface area contributed by atoms with Crippen LogP contribution in [-0.2, 0) is 10.7 Å². The number of para-hydroxylation sites is 1. The standard InChI is InChI=1S/C11H14N6OS/c1-7-10(18)12-11(15-13-7)19-6-17-9-5-3-2-4-8(9)14-16-17/h2-5,7,11,13,15H,6H2,1H3,(H,12,18). The van der Waals surface area contributed by atoms with Crippen LogP contribution in [0, 0.1) is 0 Å². The highest BCUT2D eigenvalue weighted by Gasteiger charge is 2.23. The fraction of sp³-hybridized carbons (Fsp3) is 0.364. The molecule has 0 aliphatic carbocycles. The summed E-state index contributed by atoms with van der Waals surface area (Å²) < 4.78 is 1.81. The maximum atomic E-state index is 11.5. The maximum absolute atomic E-state index is 11.5. The lowest BCUT2D eigenvalue weighted by Gasteiger charge is -2.28. The molecule has 1 aromatic carbocycles. The molecule has 0 radical (unpaired) electrons. The number of nitrogens with zero attached hydrogens (tertiary/aromatic N) is 3. The summed E-state index contributed by atoms with van der Waals surface area (Å²) >= 11 is 1.53. The van der Waals surface area contributed by atoms with E-state index in [0.717, 1.165) is 11.0 Å². The average Bonchev–Trinajstić information content (AvgIpc) is 2.83. The van der Waals surface area contributed by atoms with Crippen molar-refractivity contribution in [1.82, 2.24) is 31.2 Å². The van der Waals surface area contributed by atoms with Crippen molar-refractivity contribution in [3.05, 3.63) is 24.3 Å². The zero-order valence-electron chi connectivity index (χ0n) is 10.3. The number of rotatable bonds is 3. The van der Waals surface area contributed by atoms with Gasteiger partial charge in [-0.25, -0.2) is 15.5 Å². The summed E-state index contributed by atoms with van der Waals surface area (Å²) in [6.45, 7) is 1.80. The molecule has 19 heavy (non-hydrogen) atoms. The molecule has 3 N–H and O–H groups in total. The molecular weight excluding hydrogens is 264 g/mol. The van der Waals surface area contributed by atoms with Gasteiger partial charge in [0, 0.05) is 0 Å². The van der Waals surface area contributed by atoms with E-state index in [1.807, 2.05) is 28.9 Å². The summed E-state index contributed by atoms with van der Waals surface area (Å²) in [7, 11) is 0. The Morgan fingerprint density at radius 2 is 2.21 bits per heavy atom. The van der Waals surface area contributed by atoms with Crippen LogP contribution >= 0.6 is 11.8 Å².